The fourth-order valence-corrected chi connectivity index (χ4v) is 1.34. The molecule has 0 aromatic heterocycles. The van der Waals surface area contributed by atoms with Gasteiger partial charge in [-0.25, -0.2) is 0 Å². The highest BCUT2D eigenvalue weighted by Gasteiger charge is 2.25. The van der Waals surface area contributed by atoms with Crippen molar-refractivity contribution >= 4 is 5.78 Å². The standard InChI is InChI=1S/C10H11NO2/c12-8-3-1-7(2-4-8)10(13)9-5-6-11-9/h1-4,9,11-12H,5-6H2. The van der Waals surface area contributed by atoms with E-state index >= 15 is 0 Å². The van der Waals surface area contributed by atoms with E-state index in [4.69, 9.17) is 5.11 Å². The van der Waals surface area contributed by atoms with Gasteiger partial charge >= 0.3 is 0 Å². The molecular weight excluding hydrogens is 166 g/mol. The highest BCUT2D eigenvalue weighted by molar-refractivity contribution is 6.00. The Morgan fingerprint density at radius 1 is 1.38 bits per heavy atom. The predicted octanol–water partition coefficient (Wildman–Crippen LogP) is 0.937. The first kappa shape index (κ1) is 8.26. The maximum atomic E-state index is 11.6. The van der Waals surface area contributed by atoms with E-state index in [0.29, 0.717) is 5.56 Å². The molecule has 1 aliphatic heterocycles. The van der Waals surface area contributed by atoms with Crippen LogP contribution < -0.4 is 5.32 Å². The minimum atomic E-state index is -0.00968. The number of benzene rings is 1. The molecule has 0 amide bonds. The summed E-state index contributed by atoms with van der Waals surface area (Å²) in [5.41, 5.74) is 0.662. The Morgan fingerprint density at radius 3 is 2.46 bits per heavy atom. The topological polar surface area (TPSA) is 49.3 Å². The quantitative estimate of drug-likeness (QED) is 0.661. The molecule has 68 valence electrons. The summed E-state index contributed by atoms with van der Waals surface area (Å²) in [6, 6.07) is 6.36. The van der Waals surface area contributed by atoms with E-state index in [1.807, 2.05) is 0 Å². The number of aromatic hydroxyl groups is 1. The monoisotopic (exact) mass is 177 g/mol. The van der Waals surface area contributed by atoms with Crippen LogP contribution in [0.4, 0.5) is 0 Å². The lowest BCUT2D eigenvalue weighted by Crippen LogP contribution is -2.48. The lowest BCUT2D eigenvalue weighted by Gasteiger charge is -2.25. The summed E-state index contributed by atoms with van der Waals surface area (Å²) < 4.78 is 0. The molecule has 0 saturated carbocycles. The summed E-state index contributed by atoms with van der Waals surface area (Å²) in [5.74, 6) is 0.310. The summed E-state index contributed by atoms with van der Waals surface area (Å²) in [7, 11) is 0. The third-order valence-corrected chi connectivity index (χ3v) is 2.29. The largest absolute Gasteiger partial charge is 0.508 e. The number of phenols is 1. The van der Waals surface area contributed by atoms with Crippen LogP contribution in [-0.2, 0) is 0 Å². The van der Waals surface area contributed by atoms with Crippen molar-refractivity contribution in [3.8, 4) is 5.75 Å². The number of phenolic OH excluding ortho intramolecular Hbond substituents is 1. The van der Waals surface area contributed by atoms with E-state index in [0.717, 1.165) is 13.0 Å². The molecule has 2 rings (SSSR count). The second kappa shape index (κ2) is 3.18. The molecule has 1 aromatic carbocycles. The second-order valence-electron chi connectivity index (χ2n) is 3.21. The number of hydrogen-bond donors (Lipinski definition) is 2. The fourth-order valence-electron chi connectivity index (χ4n) is 1.34. The van der Waals surface area contributed by atoms with E-state index < -0.39 is 0 Å². The number of carbonyl (C=O) groups is 1. The second-order valence-corrected chi connectivity index (χ2v) is 3.21. The Hall–Kier alpha value is -1.35. The number of rotatable bonds is 2. The Bertz CT molecular complexity index is 314. The van der Waals surface area contributed by atoms with Crippen LogP contribution in [0.1, 0.15) is 16.8 Å². The van der Waals surface area contributed by atoms with Gasteiger partial charge in [0, 0.05) is 5.56 Å². The molecule has 0 bridgehead atoms. The highest BCUT2D eigenvalue weighted by atomic mass is 16.3. The van der Waals surface area contributed by atoms with Gasteiger partial charge in [-0.15, -0.1) is 0 Å². The molecule has 13 heavy (non-hydrogen) atoms. The van der Waals surface area contributed by atoms with Crippen LogP contribution in [0, 0.1) is 0 Å². The summed E-state index contributed by atoms with van der Waals surface area (Å²) >= 11 is 0. The normalized spacial score (nSPS) is 20.8. The van der Waals surface area contributed by atoms with Crippen molar-refractivity contribution in [3.63, 3.8) is 0 Å². The molecule has 2 N–H and O–H groups in total. The zero-order valence-electron chi connectivity index (χ0n) is 7.16. The Balaban J connectivity index is 2.15. The van der Waals surface area contributed by atoms with Crippen LogP contribution >= 0.6 is 0 Å². The third kappa shape index (κ3) is 1.55. The molecule has 0 aliphatic carbocycles. The van der Waals surface area contributed by atoms with Crippen LogP contribution in [0.25, 0.3) is 0 Å². The van der Waals surface area contributed by atoms with Crippen molar-refractivity contribution in [3.05, 3.63) is 29.8 Å². The Labute approximate surface area is 76.4 Å². The van der Waals surface area contributed by atoms with Crippen LogP contribution in [0.5, 0.6) is 5.75 Å². The van der Waals surface area contributed by atoms with Gasteiger partial charge in [-0.05, 0) is 37.2 Å². The highest BCUT2D eigenvalue weighted by Crippen LogP contribution is 2.14. The lowest BCUT2D eigenvalue weighted by molar-refractivity contribution is 0.0904. The van der Waals surface area contributed by atoms with Crippen LogP contribution in [0.15, 0.2) is 24.3 Å². The molecule has 0 spiro atoms. The van der Waals surface area contributed by atoms with Crippen LogP contribution in [0.3, 0.4) is 0 Å². The van der Waals surface area contributed by atoms with Gasteiger partial charge in [0.25, 0.3) is 0 Å². The summed E-state index contributed by atoms with van der Waals surface area (Å²) in [4.78, 5) is 11.6. The molecule has 1 heterocycles. The lowest BCUT2D eigenvalue weighted by atomic mass is 9.97. The summed E-state index contributed by atoms with van der Waals surface area (Å²) in [6.45, 7) is 0.925. The first-order valence-corrected chi connectivity index (χ1v) is 4.34. The van der Waals surface area contributed by atoms with Crippen molar-refractivity contribution in [1.82, 2.24) is 5.32 Å². The van der Waals surface area contributed by atoms with Crippen molar-refractivity contribution in [2.75, 3.05) is 6.54 Å². The average molecular weight is 177 g/mol. The van der Waals surface area contributed by atoms with Crippen molar-refractivity contribution < 1.29 is 9.90 Å². The van der Waals surface area contributed by atoms with Crippen LogP contribution in [0.2, 0.25) is 0 Å². The fraction of sp³-hybridized carbons (Fsp3) is 0.300. The molecule has 1 fully saturated rings. The van der Waals surface area contributed by atoms with Gasteiger partial charge in [-0.3, -0.25) is 4.79 Å². The molecule has 1 saturated heterocycles. The Morgan fingerprint density at radius 2 is 2.00 bits per heavy atom. The van der Waals surface area contributed by atoms with Crippen molar-refractivity contribution in [1.29, 1.82) is 0 Å². The van der Waals surface area contributed by atoms with Gasteiger partial charge in [0.15, 0.2) is 5.78 Å². The predicted molar refractivity (Wildman–Crippen MR) is 48.8 cm³/mol. The first-order valence-electron chi connectivity index (χ1n) is 4.34. The molecule has 3 nitrogen and oxygen atoms in total. The first-order chi connectivity index (χ1) is 6.27. The smallest absolute Gasteiger partial charge is 0.179 e. The zero-order chi connectivity index (χ0) is 9.26. The average Bonchev–Trinajstić information content (AvgIpc) is 2.02. The van der Waals surface area contributed by atoms with Gasteiger partial charge in [0.05, 0.1) is 6.04 Å². The number of ketones is 1. The van der Waals surface area contributed by atoms with E-state index in [1.54, 1.807) is 12.1 Å². The maximum absolute atomic E-state index is 11.6. The van der Waals surface area contributed by atoms with Gasteiger partial charge < -0.3 is 10.4 Å². The van der Waals surface area contributed by atoms with E-state index in [1.165, 1.54) is 12.1 Å². The molecule has 1 unspecified atom stereocenters. The van der Waals surface area contributed by atoms with Gasteiger partial charge in [0.2, 0.25) is 0 Å². The molecule has 3 heteroatoms. The summed E-state index contributed by atoms with van der Waals surface area (Å²) in [6.07, 6.45) is 0.916. The molecule has 1 aliphatic rings. The third-order valence-electron chi connectivity index (χ3n) is 2.29. The van der Waals surface area contributed by atoms with Gasteiger partial charge in [0.1, 0.15) is 5.75 Å². The van der Waals surface area contributed by atoms with Crippen molar-refractivity contribution in [2.45, 2.75) is 12.5 Å². The van der Waals surface area contributed by atoms with E-state index in [2.05, 4.69) is 5.32 Å². The van der Waals surface area contributed by atoms with E-state index in [-0.39, 0.29) is 17.6 Å². The number of nitrogens with one attached hydrogen (secondary N) is 1. The molecule has 1 aromatic rings. The zero-order valence-corrected chi connectivity index (χ0v) is 7.16. The SMILES string of the molecule is O=C(c1ccc(O)cc1)C1CCN1. The minimum absolute atomic E-state index is 0.00968. The van der Waals surface area contributed by atoms with E-state index in [9.17, 15) is 4.79 Å². The number of Topliss-reactive ketones (excluding diaryl/α,β-unsaturated/α-hetero) is 1. The number of hydrogen-bond acceptors (Lipinski definition) is 3. The number of carbonyl (C=O) groups excluding carboxylic acids is 1. The maximum Gasteiger partial charge on any atom is 0.179 e. The molecular formula is C10H11NO2. The molecule has 0 radical (unpaired) electrons. The Kier molecular flexibility index (Phi) is 2.02. The van der Waals surface area contributed by atoms with Crippen molar-refractivity contribution in [2.24, 2.45) is 0 Å². The minimum Gasteiger partial charge on any atom is -0.508 e. The molecule has 1 atom stereocenters. The van der Waals surface area contributed by atoms with Gasteiger partial charge in [-0.2, -0.15) is 0 Å². The summed E-state index contributed by atoms with van der Waals surface area (Å²) in [5, 5.41) is 12.1. The van der Waals surface area contributed by atoms with Gasteiger partial charge in [-0.1, -0.05) is 0 Å². The van der Waals surface area contributed by atoms with Crippen LogP contribution in [-0.4, -0.2) is 23.5 Å².